The molecule has 9 nitrogen and oxygen atoms in total. The van der Waals surface area contributed by atoms with Gasteiger partial charge in [0.1, 0.15) is 13.2 Å². The lowest BCUT2D eigenvalue weighted by Crippen LogP contribution is -2.40. The number of allylic oxidation sites excluding steroid dienone is 16. The molecule has 2 unspecified atom stereocenters. The number of esters is 2. The monoisotopic (exact) mass is 1130 g/mol. The van der Waals surface area contributed by atoms with Crippen molar-refractivity contribution in [2.45, 2.75) is 296 Å². The van der Waals surface area contributed by atoms with Crippen molar-refractivity contribution < 1.29 is 42.9 Å². The zero-order chi connectivity index (χ0) is 59.1. The van der Waals surface area contributed by atoms with Crippen molar-refractivity contribution in [2.75, 3.05) is 47.5 Å². The molecule has 0 aliphatic carbocycles. The number of aliphatic carboxylic acids is 1. The number of rotatable bonds is 61. The molecular weight excluding hydrogens is 1010 g/mol. The molecule has 0 saturated carbocycles. The second-order valence-corrected chi connectivity index (χ2v) is 23.4. The number of carboxylic acid groups (broad SMARTS) is 1. The molecule has 0 aliphatic rings. The number of carboxylic acids is 1. The van der Waals surface area contributed by atoms with E-state index in [0.717, 1.165) is 83.5 Å². The summed E-state index contributed by atoms with van der Waals surface area (Å²) >= 11 is 0. The lowest BCUT2D eigenvalue weighted by atomic mass is 10.0. The van der Waals surface area contributed by atoms with E-state index in [1.807, 2.05) is 21.1 Å². The molecule has 0 spiro atoms. The predicted molar refractivity (Wildman–Crippen MR) is 345 cm³/mol. The van der Waals surface area contributed by atoms with Gasteiger partial charge < -0.3 is 28.5 Å². The Morgan fingerprint density at radius 1 is 0.383 bits per heavy atom. The smallest absolute Gasteiger partial charge is 0.361 e. The van der Waals surface area contributed by atoms with Gasteiger partial charge in [0, 0.05) is 12.8 Å². The molecule has 0 aromatic heterocycles. The second-order valence-electron chi connectivity index (χ2n) is 23.4. The SMILES string of the molecule is CC/C=C\C/C=C\C/C=C\C/C=C\C/C=C\CCCCCCCCCCCCCCCC(=O)OC(COC(=O)CCCCCCCCCCCCCC/C=C\C/C=C\C/C=C\CCCCCCC)COC(OCC[N+](C)(C)C)C(=O)O. The minimum Gasteiger partial charge on any atom is -0.477 e. The van der Waals surface area contributed by atoms with Crippen molar-refractivity contribution in [3.63, 3.8) is 0 Å². The molecular formula is C72H126NO8+. The van der Waals surface area contributed by atoms with E-state index in [1.165, 1.54) is 167 Å². The quantitative estimate of drug-likeness (QED) is 0.0211. The minimum atomic E-state index is -1.52. The Balaban J connectivity index is 4.17. The molecule has 0 bridgehead atoms. The molecule has 0 rings (SSSR count). The predicted octanol–water partition coefficient (Wildman–Crippen LogP) is 20.5. The number of unbranched alkanes of at least 4 members (excludes halogenated alkanes) is 30. The topological polar surface area (TPSA) is 108 Å². The van der Waals surface area contributed by atoms with Crippen LogP contribution in [0.2, 0.25) is 0 Å². The Labute approximate surface area is 499 Å². The van der Waals surface area contributed by atoms with Crippen molar-refractivity contribution in [2.24, 2.45) is 0 Å². The molecule has 0 amide bonds. The van der Waals surface area contributed by atoms with Gasteiger partial charge in [-0.2, -0.15) is 0 Å². The highest BCUT2D eigenvalue weighted by Crippen LogP contribution is 2.17. The first-order chi connectivity index (χ1) is 39.6. The lowest BCUT2D eigenvalue weighted by Gasteiger charge is -2.25. The molecule has 9 heteroatoms. The highest BCUT2D eigenvalue weighted by atomic mass is 16.7. The van der Waals surface area contributed by atoms with Crippen LogP contribution < -0.4 is 0 Å². The average Bonchev–Trinajstić information content (AvgIpc) is 3.44. The van der Waals surface area contributed by atoms with Gasteiger partial charge in [-0.1, -0.05) is 272 Å². The first-order valence-electron chi connectivity index (χ1n) is 33.4. The number of carbonyl (C=O) groups excluding carboxylic acids is 2. The summed E-state index contributed by atoms with van der Waals surface area (Å²) < 4.78 is 23.0. The summed E-state index contributed by atoms with van der Waals surface area (Å²) in [7, 11) is 5.97. The standard InChI is InChI=1S/C72H125NO8/c1-6-8-10-12-14-16-18-20-22-24-26-28-30-32-34-35-37-39-41-43-45-47-49-51-53-55-57-59-61-63-70(75)81-68(67-80-72(71(76)77)78-65-64-73(3,4)5)66-79-69(74)62-60-58-56-54-52-50-48-46-44-42-40-38-36-33-31-29-27-25-23-21-19-17-15-13-11-9-7-2/h8,10,14,16,19-22,25-28,31-34,68,72H,6-7,9,11-13,15,17-18,23-24,29-30,35-67H2,1-5H3/p+1/b10-8-,16-14-,21-19-,22-20-,27-25-,28-26-,33-31-,34-32-. The number of nitrogens with zero attached hydrogens (tertiary/aromatic N) is 1. The van der Waals surface area contributed by atoms with Gasteiger partial charge in [-0.3, -0.25) is 9.59 Å². The van der Waals surface area contributed by atoms with Crippen LogP contribution in [0.15, 0.2) is 97.2 Å². The molecule has 0 saturated heterocycles. The Morgan fingerprint density at radius 2 is 0.704 bits per heavy atom. The van der Waals surface area contributed by atoms with Crippen LogP contribution in [-0.4, -0.2) is 87.4 Å². The van der Waals surface area contributed by atoms with E-state index in [4.69, 9.17) is 18.9 Å². The molecule has 0 radical (unpaired) electrons. The largest absolute Gasteiger partial charge is 0.477 e. The number of hydrogen-bond acceptors (Lipinski definition) is 7. The summed E-state index contributed by atoms with van der Waals surface area (Å²) in [4.78, 5) is 37.6. The maximum Gasteiger partial charge on any atom is 0.361 e. The molecule has 466 valence electrons. The van der Waals surface area contributed by atoms with Gasteiger partial charge in [-0.05, 0) is 96.3 Å². The van der Waals surface area contributed by atoms with Crippen LogP contribution in [0.5, 0.6) is 0 Å². The van der Waals surface area contributed by atoms with E-state index in [0.29, 0.717) is 23.9 Å². The molecule has 0 aromatic carbocycles. The normalized spacial score (nSPS) is 13.3. The summed E-state index contributed by atoms with van der Waals surface area (Å²) in [5.41, 5.74) is 0. The van der Waals surface area contributed by atoms with Gasteiger partial charge in [-0.15, -0.1) is 0 Å². The van der Waals surface area contributed by atoms with E-state index < -0.39 is 24.3 Å². The van der Waals surface area contributed by atoms with Crippen LogP contribution in [0, 0.1) is 0 Å². The summed E-state index contributed by atoms with van der Waals surface area (Å²) in [6.07, 6.45) is 82.1. The van der Waals surface area contributed by atoms with E-state index in [-0.39, 0.29) is 32.2 Å². The van der Waals surface area contributed by atoms with Crippen molar-refractivity contribution in [1.29, 1.82) is 0 Å². The van der Waals surface area contributed by atoms with Gasteiger partial charge in [-0.25, -0.2) is 4.79 Å². The van der Waals surface area contributed by atoms with Crippen LogP contribution in [-0.2, 0) is 33.3 Å². The van der Waals surface area contributed by atoms with Gasteiger partial charge in [0.05, 0.1) is 34.4 Å². The van der Waals surface area contributed by atoms with Crippen LogP contribution in [0.3, 0.4) is 0 Å². The Morgan fingerprint density at radius 3 is 1.05 bits per heavy atom. The van der Waals surface area contributed by atoms with E-state index in [9.17, 15) is 19.5 Å². The van der Waals surface area contributed by atoms with E-state index in [2.05, 4.69) is 111 Å². The molecule has 0 heterocycles. The highest BCUT2D eigenvalue weighted by molar-refractivity contribution is 5.71. The number of likely N-dealkylation sites (N-methyl/N-ethyl adjacent to an activating group) is 1. The Hall–Kier alpha value is -3.79. The van der Waals surface area contributed by atoms with Gasteiger partial charge >= 0.3 is 17.9 Å². The first kappa shape index (κ1) is 77.2. The van der Waals surface area contributed by atoms with E-state index in [1.54, 1.807) is 0 Å². The van der Waals surface area contributed by atoms with Crippen molar-refractivity contribution in [1.82, 2.24) is 0 Å². The molecule has 1 N–H and O–H groups in total. The van der Waals surface area contributed by atoms with E-state index >= 15 is 0 Å². The lowest BCUT2D eigenvalue weighted by molar-refractivity contribution is -0.870. The zero-order valence-corrected chi connectivity index (χ0v) is 53.2. The highest BCUT2D eigenvalue weighted by Gasteiger charge is 2.25. The maximum absolute atomic E-state index is 12.9. The number of quaternary nitrogens is 1. The Bertz CT molecular complexity index is 1650. The number of hydrogen-bond donors (Lipinski definition) is 1. The summed E-state index contributed by atoms with van der Waals surface area (Å²) in [6, 6.07) is 0. The van der Waals surface area contributed by atoms with Crippen LogP contribution >= 0.6 is 0 Å². The van der Waals surface area contributed by atoms with Crippen LogP contribution in [0.1, 0.15) is 284 Å². The molecule has 0 aliphatic heterocycles. The average molecular weight is 1130 g/mol. The maximum atomic E-state index is 12.9. The first-order valence-corrected chi connectivity index (χ1v) is 33.4. The fraction of sp³-hybridized carbons (Fsp3) is 0.736. The molecule has 2 atom stereocenters. The third-order valence-electron chi connectivity index (χ3n) is 14.3. The summed E-state index contributed by atoms with van der Waals surface area (Å²) in [5, 5.41) is 9.74. The summed E-state index contributed by atoms with van der Waals surface area (Å²) in [6.45, 7) is 4.77. The summed E-state index contributed by atoms with van der Waals surface area (Å²) in [5.74, 6) is -2.00. The van der Waals surface area contributed by atoms with Crippen LogP contribution in [0.25, 0.3) is 0 Å². The van der Waals surface area contributed by atoms with Crippen molar-refractivity contribution >= 4 is 17.9 Å². The minimum absolute atomic E-state index is 0.184. The second kappa shape index (κ2) is 62.3. The third-order valence-corrected chi connectivity index (χ3v) is 14.3. The van der Waals surface area contributed by atoms with Crippen molar-refractivity contribution in [3.05, 3.63) is 97.2 Å². The zero-order valence-electron chi connectivity index (χ0n) is 53.2. The number of carbonyl (C=O) groups is 3. The fourth-order valence-electron chi connectivity index (χ4n) is 9.23. The van der Waals surface area contributed by atoms with Crippen LogP contribution in [0.4, 0.5) is 0 Å². The third kappa shape index (κ3) is 63.6. The number of ether oxygens (including phenoxy) is 4. The molecule has 0 fully saturated rings. The molecule has 81 heavy (non-hydrogen) atoms. The van der Waals surface area contributed by atoms with Gasteiger partial charge in [0.2, 0.25) is 0 Å². The fourth-order valence-corrected chi connectivity index (χ4v) is 9.23. The van der Waals surface area contributed by atoms with Crippen molar-refractivity contribution in [3.8, 4) is 0 Å². The van der Waals surface area contributed by atoms with Gasteiger partial charge in [0.15, 0.2) is 6.10 Å². The van der Waals surface area contributed by atoms with Gasteiger partial charge in [0.25, 0.3) is 6.29 Å². The molecule has 0 aromatic rings. The Kier molecular flexibility index (Phi) is 59.3.